The quantitative estimate of drug-likeness (QED) is 0.940. The van der Waals surface area contributed by atoms with E-state index >= 15 is 0 Å². The van der Waals surface area contributed by atoms with Crippen LogP contribution in [0.15, 0.2) is 36.4 Å². The Hall–Kier alpha value is -2.07. The number of para-hydroxylation sites is 1. The molecular weight excluding hydrogens is 269 g/mol. The molecule has 2 aromatic carbocycles. The van der Waals surface area contributed by atoms with Gasteiger partial charge in [-0.15, -0.1) is 0 Å². The Balaban J connectivity index is 2.06. The third kappa shape index (κ3) is 2.59. The van der Waals surface area contributed by atoms with Crippen molar-refractivity contribution in [3.8, 4) is 11.5 Å². The second-order valence-electron chi connectivity index (χ2n) is 5.10. The molecule has 1 aliphatic heterocycles. The molecule has 4 heteroatoms. The maximum Gasteiger partial charge on any atom is 0.166 e. The van der Waals surface area contributed by atoms with Crippen LogP contribution >= 0.6 is 0 Å². The summed E-state index contributed by atoms with van der Waals surface area (Å²) in [4.78, 5) is 0. The number of ether oxygens (including phenoxy) is 2. The zero-order valence-corrected chi connectivity index (χ0v) is 12.2. The monoisotopic (exact) mass is 287 g/mol. The van der Waals surface area contributed by atoms with Crippen LogP contribution in [-0.4, -0.2) is 20.3 Å². The van der Waals surface area contributed by atoms with Gasteiger partial charge in [0, 0.05) is 5.56 Å². The molecule has 0 aromatic heterocycles. The molecule has 110 valence electrons. The second kappa shape index (κ2) is 5.74. The van der Waals surface area contributed by atoms with E-state index in [4.69, 9.17) is 9.47 Å². The van der Waals surface area contributed by atoms with Crippen LogP contribution in [0.4, 0.5) is 4.39 Å². The molecule has 1 heterocycles. The van der Waals surface area contributed by atoms with Gasteiger partial charge in [0.2, 0.25) is 0 Å². The van der Waals surface area contributed by atoms with Crippen molar-refractivity contribution in [2.75, 3.05) is 20.3 Å². The second-order valence-corrected chi connectivity index (χ2v) is 5.10. The van der Waals surface area contributed by atoms with Gasteiger partial charge in [-0.2, -0.15) is 0 Å². The first-order chi connectivity index (χ1) is 10.2. The Labute approximate surface area is 123 Å². The van der Waals surface area contributed by atoms with E-state index in [1.165, 1.54) is 6.07 Å². The molecule has 0 fully saturated rings. The largest absolute Gasteiger partial charge is 0.486 e. The lowest BCUT2D eigenvalue weighted by Gasteiger charge is -2.25. The maximum atomic E-state index is 13.5. The summed E-state index contributed by atoms with van der Waals surface area (Å²) < 4.78 is 24.9. The minimum Gasteiger partial charge on any atom is -0.486 e. The third-order valence-corrected chi connectivity index (χ3v) is 3.71. The van der Waals surface area contributed by atoms with Gasteiger partial charge in [0.25, 0.3) is 0 Å². The maximum absolute atomic E-state index is 13.5. The van der Waals surface area contributed by atoms with Crippen molar-refractivity contribution >= 4 is 0 Å². The fourth-order valence-corrected chi connectivity index (χ4v) is 2.67. The Morgan fingerprint density at radius 1 is 1.14 bits per heavy atom. The van der Waals surface area contributed by atoms with Crippen LogP contribution in [-0.2, 0) is 0 Å². The lowest BCUT2D eigenvalue weighted by Crippen LogP contribution is -2.22. The van der Waals surface area contributed by atoms with Gasteiger partial charge in [0.05, 0.1) is 6.04 Å². The summed E-state index contributed by atoms with van der Waals surface area (Å²) in [6.07, 6.45) is 0. The first-order valence-electron chi connectivity index (χ1n) is 7.02. The third-order valence-electron chi connectivity index (χ3n) is 3.71. The van der Waals surface area contributed by atoms with Gasteiger partial charge >= 0.3 is 0 Å². The molecule has 2 aromatic rings. The van der Waals surface area contributed by atoms with Crippen molar-refractivity contribution in [3.63, 3.8) is 0 Å². The average Bonchev–Trinajstić information content (AvgIpc) is 2.52. The van der Waals surface area contributed by atoms with Crippen molar-refractivity contribution in [3.05, 3.63) is 58.9 Å². The molecule has 1 aliphatic rings. The number of halogens is 1. The summed E-state index contributed by atoms with van der Waals surface area (Å²) in [6.45, 7) is 2.88. The number of fused-ring (bicyclic) bond motifs is 1. The molecule has 1 unspecified atom stereocenters. The molecule has 0 aliphatic carbocycles. The minimum absolute atomic E-state index is 0.0686. The lowest BCUT2D eigenvalue weighted by atomic mass is 9.96. The standard InChI is InChI=1S/C17H18FNO2/c1-11-10-12(6-7-14(11)18)16(19-2)13-4-3-5-15-17(13)21-9-8-20-15/h3-7,10,16,19H,8-9H2,1-2H3. The Kier molecular flexibility index (Phi) is 3.80. The van der Waals surface area contributed by atoms with E-state index in [9.17, 15) is 4.39 Å². The van der Waals surface area contributed by atoms with Crippen LogP contribution in [0.1, 0.15) is 22.7 Å². The number of rotatable bonds is 3. The number of nitrogens with one attached hydrogen (secondary N) is 1. The predicted molar refractivity (Wildman–Crippen MR) is 79.5 cm³/mol. The van der Waals surface area contributed by atoms with E-state index in [0.717, 1.165) is 22.6 Å². The topological polar surface area (TPSA) is 30.5 Å². The summed E-state index contributed by atoms with van der Waals surface area (Å²) >= 11 is 0. The van der Waals surface area contributed by atoms with Crippen LogP contribution in [0.2, 0.25) is 0 Å². The van der Waals surface area contributed by atoms with E-state index in [2.05, 4.69) is 5.32 Å². The predicted octanol–water partition coefficient (Wildman–Crippen LogP) is 3.21. The Morgan fingerprint density at radius 3 is 2.71 bits per heavy atom. The molecule has 3 rings (SSSR count). The molecular formula is C17H18FNO2. The molecule has 0 saturated heterocycles. The number of aryl methyl sites for hydroxylation is 1. The molecule has 0 spiro atoms. The summed E-state index contributed by atoms with van der Waals surface area (Å²) in [5.41, 5.74) is 2.63. The van der Waals surface area contributed by atoms with Crippen molar-refractivity contribution in [2.24, 2.45) is 0 Å². The van der Waals surface area contributed by atoms with E-state index in [1.807, 2.05) is 31.3 Å². The Bertz CT molecular complexity index is 657. The summed E-state index contributed by atoms with van der Waals surface area (Å²) in [5, 5.41) is 3.27. The van der Waals surface area contributed by atoms with Crippen LogP contribution in [0.25, 0.3) is 0 Å². The van der Waals surface area contributed by atoms with E-state index in [-0.39, 0.29) is 11.9 Å². The average molecular weight is 287 g/mol. The molecule has 0 amide bonds. The van der Waals surface area contributed by atoms with E-state index in [1.54, 1.807) is 13.0 Å². The lowest BCUT2D eigenvalue weighted by molar-refractivity contribution is 0.169. The smallest absolute Gasteiger partial charge is 0.166 e. The van der Waals surface area contributed by atoms with E-state index < -0.39 is 0 Å². The fourth-order valence-electron chi connectivity index (χ4n) is 2.67. The highest BCUT2D eigenvalue weighted by molar-refractivity contribution is 5.51. The molecule has 1 N–H and O–H groups in total. The van der Waals surface area contributed by atoms with Crippen molar-refractivity contribution in [1.29, 1.82) is 0 Å². The fraction of sp³-hybridized carbons (Fsp3) is 0.294. The van der Waals surface area contributed by atoms with Gasteiger partial charge in [-0.25, -0.2) is 4.39 Å². The summed E-state index contributed by atoms with van der Waals surface area (Å²) in [6, 6.07) is 11.0. The zero-order chi connectivity index (χ0) is 14.8. The van der Waals surface area contributed by atoms with Gasteiger partial charge in [-0.05, 0) is 37.2 Å². The molecule has 0 radical (unpaired) electrons. The van der Waals surface area contributed by atoms with Gasteiger partial charge in [-0.1, -0.05) is 24.3 Å². The van der Waals surface area contributed by atoms with Crippen molar-refractivity contribution in [1.82, 2.24) is 5.32 Å². The molecule has 3 nitrogen and oxygen atoms in total. The van der Waals surface area contributed by atoms with Crippen LogP contribution < -0.4 is 14.8 Å². The zero-order valence-electron chi connectivity index (χ0n) is 12.2. The Morgan fingerprint density at radius 2 is 1.95 bits per heavy atom. The molecule has 0 bridgehead atoms. The first-order valence-corrected chi connectivity index (χ1v) is 7.02. The van der Waals surface area contributed by atoms with Crippen LogP contribution in [0, 0.1) is 12.7 Å². The van der Waals surface area contributed by atoms with Gasteiger partial charge in [0.15, 0.2) is 11.5 Å². The molecule has 1 atom stereocenters. The van der Waals surface area contributed by atoms with Crippen molar-refractivity contribution < 1.29 is 13.9 Å². The normalized spacial score (nSPS) is 14.8. The van der Waals surface area contributed by atoms with Crippen LogP contribution in [0.3, 0.4) is 0 Å². The minimum atomic E-state index is -0.191. The van der Waals surface area contributed by atoms with Gasteiger partial charge in [-0.3, -0.25) is 0 Å². The van der Waals surface area contributed by atoms with Gasteiger partial charge < -0.3 is 14.8 Å². The number of hydrogen-bond donors (Lipinski definition) is 1. The number of hydrogen-bond acceptors (Lipinski definition) is 3. The number of benzene rings is 2. The molecule has 0 saturated carbocycles. The highest BCUT2D eigenvalue weighted by Crippen LogP contribution is 2.39. The summed E-state index contributed by atoms with van der Waals surface area (Å²) in [7, 11) is 1.88. The SMILES string of the molecule is CNC(c1ccc(F)c(C)c1)c1cccc2c1OCCO2. The van der Waals surface area contributed by atoms with E-state index in [0.29, 0.717) is 18.8 Å². The van der Waals surface area contributed by atoms with Crippen LogP contribution in [0.5, 0.6) is 11.5 Å². The van der Waals surface area contributed by atoms with Gasteiger partial charge in [0.1, 0.15) is 19.0 Å². The van der Waals surface area contributed by atoms with Crippen molar-refractivity contribution in [2.45, 2.75) is 13.0 Å². The summed E-state index contributed by atoms with van der Waals surface area (Å²) in [5.74, 6) is 1.34. The highest BCUT2D eigenvalue weighted by Gasteiger charge is 2.22. The highest BCUT2D eigenvalue weighted by atomic mass is 19.1. The molecule has 21 heavy (non-hydrogen) atoms. The first kappa shape index (κ1) is 13.9.